The Morgan fingerprint density at radius 2 is 1.73 bits per heavy atom. The van der Waals surface area contributed by atoms with Crippen LogP contribution in [0.25, 0.3) is 0 Å². The van der Waals surface area contributed by atoms with Crippen LogP contribution in [0.3, 0.4) is 0 Å². The number of sulfonamides is 1. The summed E-state index contributed by atoms with van der Waals surface area (Å²) in [6.07, 6.45) is -2.14. The summed E-state index contributed by atoms with van der Waals surface area (Å²) in [4.78, 5) is 5.65. The molecule has 1 saturated heterocycles. The Morgan fingerprint density at radius 3 is 2.18 bits per heavy atom. The Morgan fingerprint density at radius 1 is 1.09 bits per heavy atom. The molecule has 0 unspecified atom stereocenters. The van der Waals surface area contributed by atoms with Crippen LogP contribution in [-0.2, 0) is 16.2 Å². The quantitative estimate of drug-likeness (QED) is 0.844. The number of anilines is 1. The van der Waals surface area contributed by atoms with Crippen molar-refractivity contribution in [3.05, 3.63) is 23.9 Å². The molecule has 0 bridgehead atoms. The molecule has 1 aliphatic carbocycles. The number of nitrogens with zero attached hydrogens (tertiary/aromatic N) is 3. The summed E-state index contributed by atoms with van der Waals surface area (Å²) >= 11 is 0. The van der Waals surface area contributed by atoms with Crippen LogP contribution in [0.15, 0.2) is 18.3 Å². The maximum Gasteiger partial charge on any atom is 0.417 e. The van der Waals surface area contributed by atoms with E-state index in [9.17, 15) is 21.6 Å². The second-order valence-electron chi connectivity index (χ2n) is 5.53. The van der Waals surface area contributed by atoms with Gasteiger partial charge in [-0.15, -0.1) is 0 Å². The number of rotatable bonds is 3. The number of hydrogen-bond acceptors (Lipinski definition) is 4. The number of hydrogen-bond donors (Lipinski definition) is 0. The first-order valence-corrected chi connectivity index (χ1v) is 8.56. The first kappa shape index (κ1) is 15.5. The molecule has 0 N–H and O–H groups in total. The molecule has 0 atom stereocenters. The van der Waals surface area contributed by atoms with E-state index in [4.69, 9.17) is 0 Å². The van der Waals surface area contributed by atoms with Gasteiger partial charge in [-0.25, -0.2) is 13.4 Å². The van der Waals surface area contributed by atoms with E-state index < -0.39 is 21.8 Å². The lowest BCUT2D eigenvalue weighted by Gasteiger charge is -2.34. The van der Waals surface area contributed by atoms with Crippen molar-refractivity contribution in [2.24, 2.45) is 0 Å². The second-order valence-corrected chi connectivity index (χ2v) is 7.75. The van der Waals surface area contributed by atoms with E-state index in [2.05, 4.69) is 4.98 Å². The molecule has 3 rings (SSSR count). The summed E-state index contributed by atoms with van der Waals surface area (Å²) in [6, 6.07) is 2.32. The van der Waals surface area contributed by atoms with E-state index in [1.807, 2.05) is 0 Å². The van der Waals surface area contributed by atoms with E-state index in [-0.39, 0.29) is 5.25 Å². The molecule has 9 heteroatoms. The van der Waals surface area contributed by atoms with Crippen LogP contribution < -0.4 is 4.90 Å². The molecule has 1 aliphatic heterocycles. The topological polar surface area (TPSA) is 53.5 Å². The van der Waals surface area contributed by atoms with E-state index in [0.29, 0.717) is 32.0 Å². The first-order chi connectivity index (χ1) is 10.3. The molecule has 0 spiro atoms. The molecule has 1 saturated carbocycles. The third-order valence-electron chi connectivity index (χ3n) is 3.94. The van der Waals surface area contributed by atoms with Crippen LogP contribution in [0.5, 0.6) is 0 Å². The van der Waals surface area contributed by atoms with Crippen molar-refractivity contribution >= 4 is 15.8 Å². The fourth-order valence-electron chi connectivity index (χ4n) is 2.49. The highest BCUT2D eigenvalue weighted by atomic mass is 32.2. The van der Waals surface area contributed by atoms with Gasteiger partial charge in [0.25, 0.3) is 0 Å². The fourth-order valence-corrected chi connectivity index (χ4v) is 4.31. The van der Waals surface area contributed by atoms with Gasteiger partial charge >= 0.3 is 6.18 Å². The Balaban J connectivity index is 1.64. The normalized spacial score (nSPS) is 21.1. The Hall–Kier alpha value is -1.35. The minimum Gasteiger partial charge on any atom is -0.354 e. The lowest BCUT2D eigenvalue weighted by Crippen LogP contribution is -2.49. The summed E-state index contributed by atoms with van der Waals surface area (Å²) in [5.74, 6) is 0.441. The standard InChI is InChI=1S/C13H16F3N3O2S/c14-13(15,16)10-1-4-12(17-9-10)18-5-7-19(8-6-18)22(20,21)11-2-3-11/h1,4,9,11H,2-3,5-8H2. The number of pyridine rings is 1. The smallest absolute Gasteiger partial charge is 0.354 e. The molecule has 1 aromatic heterocycles. The molecule has 2 aliphatic rings. The molecule has 122 valence electrons. The van der Waals surface area contributed by atoms with Gasteiger partial charge in [0, 0.05) is 32.4 Å². The Labute approximate surface area is 126 Å². The van der Waals surface area contributed by atoms with Crippen molar-refractivity contribution in [2.45, 2.75) is 24.3 Å². The first-order valence-electron chi connectivity index (χ1n) is 7.05. The molecule has 5 nitrogen and oxygen atoms in total. The predicted molar refractivity (Wildman–Crippen MR) is 75.0 cm³/mol. The van der Waals surface area contributed by atoms with Gasteiger partial charge in [0.1, 0.15) is 5.82 Å². The van der Waals surface area contributed by atoms with E-state index in [1.165, 1.54) is 10.4 Å². The molecule has 0 amide bonds. The van der Waals surface area contributed by atoms with Gasteiger partial charge in [0.05, 0.1) is 10.8 Å². The second kappa shape index (κ2) is 5.38. The van der Waals surface area contributed by atoms with Gasteiger partial charge in [0.15, 0.2) is 0 Å². The summed E-state index contributed by atoms with van der Waals surface area (Å²) in [6.45, 7) is 1.57. The molecule has 1 aromatic rings. The zero-order valence-electron chi connectivity index (χ0n) is 11.8. The SMILES string of the molecule is O=S(=O)(C1CC1)N1CCN(c2ccc(C(F)(F)F)cn2)CC1. The van der Waals surface area contributed by atoms with E-state index >= 15 is 0 Å². The van der Waals surface area contributed by atoms with E-state index in [1.54, 1.807) is 4.90 Å². The number of aromatic nitrogens is 1. The largest absolute Gasteiger partial charge is 0.417 e. The molecule has 2 heterocycles. The number of halogens is 3. The van der Waals surface area contributed by atoms with Crippen LogP contribution in [0.1, 0.15) is 18.4 Å². The van der Waals surface area contributed by atoms with Crippen LogP contribution >= 0.6 is 0 Å². The summed E-state index contributed by atoms with van der Waals surface area (Å²) in [5.41, 5.74) is -0.786. The highest BCUT2D eigenvalue weighted by molar-refractivity contribution is 7.90. The Bertz CT molecular complexity index is 633. The minimum absolute atomic E-state index is 0.233. The lowest BCUT2D eigenvalue weighted by atomic mass is 10.2. The maximum absolute atomic E-state index is 12.5. The van der Waals surface area contributed by atoms with Gasteiger partial charge in [0.2, 0.25) is 10.0 Å². The number of piperazine rings is 1. The van der Waals surface area contributed by atoms with Crippen LogP contribution in [0.4, 0.5) is 19.0 Å². The summed E-state index contributed by atoms with van der Waals surface area (Å²) in [7, 11) is -3.18. The maximum atomic E-state index is 12.5. The highest BCUT2D eigenvalue weighted by Crippen LogP contribution is 2.32. The van der Waals surface area contributed by atoms with Gasteiger partial charge < -0.3 is 4.90 Å². The average Bonchev–Trinajstić information content (AvgIpc) is 3.32. The van der Waals surface area contributed by atoms with Crippen molar-refractivity contribution in [2.75, 3.05) is 31.1 Å². The molecule has 0 aromatic carbocycles. The van der Waals surface area contributed by atoms with Crippen molar-refractivity contribution in [1.82, 2.24) is 9.29 Å². The lowest BCUT2D eigenvalue weighted by molar-refractivity contribution is -0.137. The van der Waals surface area contributed by atoms with Crippen LogP contribution in [-0.4, -0.2) is 49.1 Å². The van der Waals surface area contributed by atoms with Crippen molar-refractivity contribution < 1.29 is 21.6 Å². The van der Waals surface area contributed by atoms with Gasteiger partial charge in [-0.05, 0) is 25.0 Å². The van der Waals surface area contributed by atoms with Gasteiger partial charge in [-0.1, -0.05) is 0 Å². The minimum atomic E-state index is -4.40. The third-order valence-corrected chi connectivity index (χ3v) is 6.34. The molecule has 0 radical (unpaired) electrons. The molecular weight excluding hydrogens is 319 g/mol. The van der Waals surface area contributed by atoms with Crippen molar-refractivity contribution in [3.8, 4) is 0 Å². The van der Waals surface area contributed by atoms with Crippen molar-refractivity contribution in [3.63, 3.8) is 0 Å². The molecule has 2 fully saturated rings. The van der Waals surface area contributed by atoms with Gasteiger partial charge in [-0.2, -0.15) is 17.5 Å². The zero-order valence-corrected chi connectivity index (χ0v) is 12.6. The zero-order chi connectivity index (χ0) is 16.0. The molecule has 22 heavy (non-hydrogen) atoms. The third kappa shape index (κ3) is 3.05. The number of alkyl halides is 3. The average molecular weight is 335 g/mol. The highest BCUT2D eigenvalue weighted by Gasteiger charge is 2.41. The monoisotopic (exact) mass is 335 g/mol. The van der Waals surface area contributed by atoms with Gasteiger partial charge in [-0.3, -0.25) is 0 Å². The predicted octanol–water partition coefficient (Wildman–Crippen LogP) is 1.71. The molecular formula is C13H16F3N3O2S. The van der Waals surface area contributed by atoms with Crippen molar-refractivity contribution in [1.29, 1.82) is 0 Å². The summed E-state index contributed by atoms with van der Waals surface area (Å²) < 4.78 is 63.2. The summed E-state index contributed by atoms with van der Waals surface area (Å²) in [5, 5.41) is -0.233. The van der Waals surface area contributed by atoms with Crippen LogP contribution in [0, 0.1) is 0 Å². The van der Waals surface area contributed by atoms with E-state index in [0.717, 1.165) is 25.1 Å². The fraction of sp³-hybridized carbons (Fsp3) is 0.615. The van der Waals surface area contributed by atoms with Crippen LogP contribution in [0.2, 0.25) is 0 Å². The Kier molecular flexibility index (Phi) is 3.80.